The van der Waals surface area contributed by atoms with Gasteiger partial charge in [0.05, 0.1) is 29.3 Å². The smallest absolute Gasteiger partial charge is 0.278 e. The number of nitrogens with one attached hydrogen (secondary N) is 2. The SMILES string of the molecule is Cc1ccc(Cn2nc(C)c(NC(=O)C3(C)Oc4ccc(C)cc4NC3=O)c2C)cc1. The highest BCUT2D eigenvalue weighted by molar-refractivity contribution is 6.19. The molecule has 0 spiro atoms. The molecule has 31 heavy (non-hydrogen) atoms. The van der Waals surface area contributed by atoms with Crippen LogP contribution in [-0.2, 0) is 16.1 Å². The Kier molecular flexibility index (Phi) is 5.05. The molecule has 1 aliphatic rings. The van der Waals surface area contributed by atoms with Crippen LogP contribution < -0.4 is 15.4 Å². The first-order valence-corrected chi connectivity index (χ1v) is 10.2. The number of aryl methyl sites for hydroxylation is 3. The first-order valence-electron chi connectivity index (χ1n) is 10.2. The molecule has 2 heterocycles. The van der Waals surface area contributed by atoms with E-state index < -0.39 is 17.4 Å². The number of hydrogen-bond donors (Lipinski definition) is 2. The van der Waals surface area contributed by atoms with E-state index in [9.17, 15) is 9.59 Å². The fourth-order valence-electron chi connectivity index (χ4n) is 3.62. The lowest BCUT2D eigenvalue weighted by atomic mass is 10.0. The van der Waals surface area contributed by atoms with E-state index in [2.05, 4.69) is 40.0 Å². The number of rotatable bonds is 4. The first-order chi connectivity index (χ1) is 14.7. The normalized spacial score (nSPS) is 17.5. The van der Waals surface area contributed by atoms with Gasteiger partial charge in [-0.2, -0.15) is 5.10 Å². The lowest BCUT2D eigenvalue weighted by molar-refractivity contribution is -0.143. The molecule has 0 saturated carbocycles. The third-order valence-corrected chi connectivity index (χ3v) is 5.64. The van der Waals surface area contributed by atoms with Crippen LogP contribution in [0, 0.1) is 27.7 Å². The quantitative estimate of drug-likeness (QED) is 0.630. The van der Waals surface area contributed by atoms with Crippen LogP contribution in [0.5, 0.6) is 5.75 Å². The summed E-state index contributed by atoms with van der Waals surface area (Å²) in [4.78, 5) is 25.9. The van der Waals surface area contributed by atoms with Crippen LogP contribution >= 0.6 is 0 Å². The highest BCUT2D eigenvalue weighted by Crippen LogP contribution is 2.35. The van der Waals surface area contributed by atoms with Crippen molar-refractivity contribution in [3.8, 4) is 5.75 Å². The van der Waals surface area contributed by atoms with Crippen molar-refractivity contribution >= 4 is 23.2 Å². The Labute approximate surface area is 181 Å². The Balaban J connectivity index is 1.57. The number of carbonyl (C=O) groups excluding carboxylic acids is 2. The van der Waals surface area contributed by atoms with Gasteiger partial charge in [-0.15, -0.1) is 0 Å². The van der Waals surface area contributed by atoms with Gasteiger partial charge in [-0.3, -0.25) is 14.3 Å². The first kappa shape index (κ1) is 20.7. The van der Waals surface area contributed by atoms with Crippen molar-refractivity contribution in [1.82, 2.24) is 9.78 Å². The summed E-state index contributed by atoms with van der Waals surface area (Å²) in [5.41, 5.74) is 4.24. The van der Waals surface area contributed by atoms with Gasteiger partial charge in [0.1, 0.15) is 5.75 Å². The zero-order valence-corrected chi connectivity index (χ0v) is 18.4. The molecule has 7 heteroatoms. The molecule has 0 radical (unpaired) electrons. The Bertz CT molecular complexity index is 1180. The second-order valence-electron chi connectivity index (χ2n) is 8.23. The molecule has 160 valence electrons. The van der Waals surface area contributed by atoms with E-state index in [-0.39, 0.29) is 0 Å². The molecule has 4 rings (SSSR count). The van der Waals surface area contributed by atoms with E-state index in [4.69, 9.17) is 4.74 Å². The molecule has 0 fully saturated rings. The Morgan fingerprint density at radius 3 is 2.48 bits per heavy atom. The maximum atomic E-state index is 13.2. The monoisotopic (exact) mass is 418 g/mol. The summed E-state index contributed by atoms with van der Waals surface area (Å²) in [6.07, 6.45) is 0. The summed E-state index contributed by atoms with van der Waals surface area (Å²) in [5, 5.41) is 10.2. The molecule has 7 nitrogen and oxygen atoms in total. The Morgan fingerprint density at radius 2 is 1.77 bits per heavy atom. The number of ether oxygens (including phenoxy) is 1. The average Bonchev–Trinajstić information content (AvgIpc) is 2.98. The van der Waals surface area contributed by atoms with Crippen molar-refractivity contribution in [2.24, 2.45) is 0 Å². The number of amides is 2. The number of fused-ring (bicyclic) bond motifs is 1. The minimum absolute atomic E-state index is 0.464. The molecule has 2 amide bonds. The highest BCUT2D eigenvalue weighted by atomic mass is 16.5. The van der Waals surface area contributed by atoms with E-state index >= 15 is 0 Å². The molecular formula is C24H26N4O3. The van der Waals surface area contributed by atoms with Gasteiger partial charge in [0.25, 0.3) is 17.4 Å². The predicted octanol–water partition coefficient (Wildman–Crippen LogP) is 3.89. The number of carbonyl (C=O) groups is 2. The third-order valence-electron chi connectivity index (χ3n) is 5.64. The second kappa shape index (κ2) is 7.58. The molecule has 1 aliphatic heterocycles. The summed E-state index contributed by atoms with van der Waals surface area (Å²) in [5.74, 6) is -0.589. The standard InChI is InChI=1S/C24H26N4O3/c1-14-6-9-18(10-7-14)13-28-17(4)21(16(3)27-28)26-23(30)24(5)22(29)25-19-12-15(2)8-11-20(19)31-24/h6-12H,13H2,1-5H3,(H,25,29)(H,26,30). The highest BCUT2D eigenvalue weighted by Gasteiger charge is 2.47. The molecule has 0 aliphatic carbocycles. The maximum Gasteiger partial charge on any atom is 0.278 e. The van der Waals surface area contributed by atoms with Gasteiger partial charge >= 0.3 is 0 Å². The van der Waals surface area contributed by atoms with Crippen LogP contribution in [0.15, 0.2) is 42.5 Å². The molecule has 0 saturated heterocycles. The number of hydrogen-bond acceptors (Lipinski definition) is 4. The van der Waals surface area contributed by atoms with Crippen LogP contribution in [0.1, 0.15) is 35.0 Å². The molecule has 1 aromatic heterocycles. The van der Waals surface area contributed by atoms with Gasteiger partial charge in [0, 0.05) is 0 Å². The summed E-state index contributed by atoms with van der Waals surface area (Å²) >= 11 is 0. The van der Waals surface area contributed by atoms with Crippen molar-refractivity contribution < 1.29 is 14.3 Å². The van der Waals surface area contributed by atoms with Gasteiger partial charge in [-0.25, -0.2) is 0 Å². The van der Waals surface area contributed by atoms with E-state index in [1.54, 1.807) is 6.07 Å². The van der Waals surface area contributed by atoms with Crippen LogP contribution in [-0.4, -0.2) is 27.2 Å². The van der Waals surface area contributed by atoms with Crippen LogP contribution in [0.2, 0.25) is 0 Å². The maximum absolute atomic E-state index is 13.2. The number of anilines is 2. The van der Waals surface area contributed by atoms with Crippen molar-refractivity contribution in [2.45, 2.75) is 46.8 Å². The lowest BCUT2D eigenvalue weighted by Gasteiger charge is -2.33. The van der Waals surface area contributed by atoms with E-state index in [1.165, 1.54) is 12.5 Å². The Morgan fingerprint density at radius 1 is 1.10 bits per heavy atom. The fourth-order valence-corrected chi connectivity index (χ4v) is 3.62. The lowest BCUT2D eigenvalue weighted by Crippen LogP contribution is -2.56. The van der Waals surface area contributed by atoms with Crippen LogP contribution in [0.3, 0.4) is 0 Å². The van der Waals surface area contributed by atoms with E-state index in [0.29, 0.717) is 29.4 Å². The summed E-state index contributed by atoms with van der Waals surface area (Å²) in [6, 6.07) is 13.7. The van der Waals surface area contributed by atoms with Gasteiger partial charge in [-0.1, -0.05) is 35.9 Å². The van der Waals surface area contributed by atoms with Gasteiger partial charge in [0.2, 0.25) is 0 Å². The van der Waals surface area contributed by atoms with Crippen molar-refractivity contribution in [2.75, 3.05) is 10.6 Å². The zero-order chi connectivity index (χ0) is 22.3. The van der Waals surface area contributed by atoms with Gasteiger partial charge < -0.3 is 15.4 Å². The second-order valence-corrected chi connectivity index (χ2v) is 8.23. The van der Waals surface area contributed by atoms with Crippen molar-refractivity contribution in [3.63, 3.8) is 0 Å². The van der Waals surface area contributed by atoms with Crippen molar-refractivity contribution in [3.05, 3.63) is 70.5 Å². The van der Waals surface area contributed by atoms with Crippen LogP contribution in [0.25, 0.3) is 0 Å². The molecule has 0 bridgehead atoms. The topological polar surface area (TPSA) is 85.2 Å². The summed E-state index contributed by atoms with van der Waals surface area (Å²) in [6.45, 7) is 9.76. The average molecular weight is 418 g/mol. The molecule has 1 atom stereocenters. The Hall–Kier alpha value is -3.61. The summed E-state index contributed by atoms with van der Waals surface area (Å²) < 4.78 is 7.71. The molecular weight excluding hydrogens is 392 g/mol. The largest absolute Gasteiger partial charge is 0.466 e. The number of benzene rings is 2. The number of aromatic nitrogens is 2. The van der Waals surface area contributed by atoms with Gasteiger partial charge in [-0.05, 0) is 57.9 Å². The summed E-state index contributed by atoms with van der Waals surface area (Å²) in [7, 11) is 0. The minimum atomic E-state index is -1.69. The predicted molar refractivity (Wildman–Crippen MR) is 119 cm³/mol. The van der Waals surface area contributed by atoms with E-state index in [1.807, 2.05) is 44.5 Å². The van der Waals surface area contributed by atoms with Crippen molar-refractivity contribution in [1.29, 1.82) is 0 Å². The minimum Gasteiger partial charge on any atom is -0.466 e. The molecule has 1 unspecified atom stereocenters. The van der Waals surface area contributed by atoms with E-state index in [0.717, 1.165) is 16.8 Å². The van der Waals surface area contributed by atoms with Gasteiger partial charge in [0.15, 0.2) is 0 Å². The molecule has 3 aromatic rings. The molecule has 2 aromatic carbocycles. The molecule has 2 N–H and O–H groups in total. The van der Waals surface area contributed by atoms with Crippen LogP contribution in [0.4, 0.5) is 11.4 Å². The zero-order valence-electron chi connectivity index (χ0n) is 18.4. The number of nitrogens with zero attached hydrogens (tertiary/aromatic N) is 2. The fraction of sp³-hybridized carbons (Fsp3) is 0.292. The third kappa shape index (κ3) is 3.79.